The fourth-order valence-electron chi connectivity index (χ4n) is 2.33. The first-order valence-electron chi connectivity index (χ1n) is 5.89. The fourth-order valence-corrected chi connectivity index (χ4v) is 4.06. The van der Waals surface area contributed by atoms with Gasteiger partial charge in [0, 0.05) is 10.9 Å². The fraction of sp³-hybridized carbons (Fsp3) is 0.538. The maximum absolute atomic E-state index is 12.4. The molecule has 0 spiro atoms. The first-order valence-corrected chi connectivity index (χ1v) is 7.11. The van der Waals surface area contributed by atoms with E-state index in [1.807, 2.05) is 30.3 Å². The van der Waals surface area contributed by atoms with Crippen LogP contribution in [0.15, 0.2) is 35.2 Å². The van der Waals surface area contributed by atoms with Crippen LogP contribution in [-0.4, -0.2) is 15.5 Å². The summed E-state index contributed by atoms with van der Waals surface area (Å²) in [6.07, 6.45) is 3.16. The second kappa shape index (κ2) is 5.11. The summed E-state index contributed by atoms with van der Waals surface area (Å²) in [6, 6.07) is 9.78. The molecule has 0 aromatic heterocycles. The molecule has 0 saturated heterocycles. The summed E-state index contributed by atoms with van der Waals surface area (Å²) in [5.74, 6) is 0.650. The predicted molar refractivity (Wildman–Crippen MR) is 67.6 cm³/mol. The van der Waals surface area contributed by atoms with Crippen molar-refractivity contribution in [3.8, 4) is 0 Å². The maximum atomic E-state index is 12.4. The summed E-state index contributed by atoms with van der Waals surface area (Å²) in [5.41, 5.74) is 6.09. The highest BCUT2D eigenvalue weighted by Crippen LogP contribution is 2.28. The van der Waals surface area contributed by atoms with Crippen molar-refractivity contribution in [1.29, 1.82) is 0 Å². The smallest absolute Gasteiger partial charge is 0.0576 e. The molecule has 3 heteroatoms. The second-order valence-electron chi connectivity index (χ2n) is 4.73. The Balaban J connectivity index is 2.15. The minimum atomic E-state index is -0.946. The van der Waals surface area contributed by atoms with Gasteiger partial charge in [0.2, 0.25) is 0 Å². The molecule has 1 fully saturated rings. The summed E-state index contributed by atoms with van der Waals surface area (Å²) >= 11 is 0. The Morgan fingerprint density at radius 1 is 1.25 bits per heavy atom. The van der Waals surface area contributed by atoms with Gasteiger partial charge in [-0.15, -0.1) is 0 Å². The Hall–Kier alpha value is -0.670. The van der Waals surface area contributed by atoms with Crippen LogP contribution in [0.4, 0.5) is 0 Å². The predicted octanol–water partition coefficient (Wildman–Crippen LogP) is 2.31. The summed E-state index contributed by atoms with van der Waals surface area (Å²) in [6.45, 7) is 2.22. The SMILES string of the molecule is CC1CCC(N)C(S(=O)c2ccccc2)C1. The molecule has 1 saturated carbocycles. The molecule has 4 atom stereocenters. The highest BCUT2D eigenvalue weighted by Gasteiger charge is 2.30. The van der Waals surface area contributed by atoms with Crippen molar-refractivity contribution in [2.45, 2.75) is 42.4 Å². The van der Waals surface area contributed by atoms with Gasteiger partial charge < -0.3 is 5.73 Å². The van der Waals surface area contributed by atoms with Crippen LogP contribution in [0, 0.1) is 5.92 Å². The summed E-state index contributed by atoms with van der Waals surface area (Å²) in [5, 5.41) is 0.131. The van der Waals surface area contributed by atoms with Gasteiger partial charge in [-0.2, -0.15) is 0 Å². The Morgan fingerprint density at radius 2 is 1.94 bits per heavy atom. The van der Waals surface area contributed by atoms with E-state index in [0.29, 0.717) is 5.92 Å². The van der Waals surface area contributed by atoms with Crippen LogP contribution in [0.5, 0.6) is 0 Å². The molecule has 1 aliphatic carbocycles. The topological polar surface area (TPSA) is 43.1 Å². The molecule has 2 rings (SSSR count). The van der Waals surface area contributed by atoms with E-state index in [-0.39, 0.29) is 11.3 Å². The molecule has 1 aromatic rings. The standard InChI is InChI=1S/C13H19NOS/c1-10-7-8-12(14)13(9-10)16(15)11-5-3-2-4-6-11/h2-6,10,12-13H,7-9,14H2,1H3. The third-order valence-electron chi connectivity index (χ3n) is 3.36. The van der Waals surface area contributed by atoms with Crippen molar-refractivity contribution in [2.24, 2.45) is 11.7 Å². The van der Waals surface area contributed by atoms with E-state index < -0.39 is 10.8 Å². The van der Waals surface area contributed by atoms with Crippen molar-refractivity contribution in [3.05, 3.63) is 30.3 Å². The first kappa shape index (κ1) is 11.8. The zero-order valence-electron chi connectivity index (χ0n) is 9.63. The Morgan fingerprint density at radius 3 is 2.62 bits per heavy atom. The molecule has 0 radical (unpaired) electrons. The third-order valence-corrected chi connectivity index (χ3v) is 5.18. The minimum Gasteiger partial charge on any atom is -0.327 e. The van der Waals surface area contributed by atoms with Crippen molar-refractivity contribution in [2.75, 3.05) is 0 Å². The largest absolute Gasteiger partial charge is 0.327 e. The zero-order chi connectivity index (χ0) is 11.5. The molecular weight excluding hydrogens is 218 g/mol. The molecule has 4 unspecified atom stereocenters. The van der Waals surface area contributed by atoms with Crippen LogP contribution >= 0.6 is 0 Å². The van der Waals surface area contributed by atoms with Crippen molar-refractivity contribution in [1.82, 2.24) is 0 Å². The molecule has 1 aromatic carbocycles. The van der Waals surface area contributed by atoms with Crippen molar-refractivity contribution in [3.63, 3.8) is 0 Å². The number of hydrogen-bond acceptors (Lipinski definition) is 2. The van der Waals surface area contributed by atoms with Gasteiger partial charge in [-0.3, -0.25) is 4.21 Å². The molecular formula is C13H19NOS. The number of rotatable bonds is 2. The molecule has 1 aliphatic rings. The summed E-state index contributed by atoms with van der Waals surface area (Å²) < 4.78 is 12.4. The molecule has 16 heavy (non-hydrogen) atoms. The van der Waals surface area contributed by atoms with Gasteiger partial charge in [-0.05, 0) is 37.3 Å². The Bertz CT molecular complexity index is 365. The lowest BCUT2D eigenvalue weighted by Gasteiger charge is -2.31. The van der Waals surface area contributed by atoms with E-state index in [2.05, 4.69) is 6.92 Å². The molecule has 0 bridgehead atoms. The Kier molecular flexibility index (Phi) is 3.77. The average Bonchev–Trinajstić information content (AvgIpc) is 2.32. The van der Waals surface area contributed by atoms with Gasteiger partial charge in [0.25, 0.3) is 0 Å². The molecule has 0 heterocycles. The van der Waals surface area contributed by atoms with E-state index in [1.54, 1.807) is 0 Å². The van der Waals surface area contributed by atoms with Crippen LogP contribution < -0.4 is 5.73 Å². The van der Waals surface area contributed by atoms with Gasteiger partial charge in [-0.25, -0.2) is 0 Å². The number of benzene rings is 1. The first-order chi connectivity index (χ1) is 7.68. The van der Waals surface area contributed by atoms with E-state index in [9.17, 15) is 4.21 Å². The molecule has 2 nitrogen and oxygen atoms in total. The van der Waals surface area contributed by atoms with Crippen LogP contribution in [0.25, 0.3) is 0 Å². The maximum Gasteiger partial charge on any atom is 0.0576 e. The van der Waals surface area contributed by atoms with Crippen LogP contribution in [-0.2, 0) is 10.8 Å². The normalized spacial score (nSPS) is 32.2. The van der Waals surface area contributed by atoms with Gasteiger partial charge in [0.15, 0.2) is 0 Å². The molecule has 0 aliphatic heterocycles. The van der Waals surface area contributed by atoms with Crippen LogP contribution in [0.1, 0.15) is 26.2 Å². The minimum absolute atomic E-state index is 0.0947. The lowest BCUT2D eigenvalue weighted by Crippen LogP contribution is -2.42. The van der Waals surface area contributed by atoms with Gasteiger partial charge in [0.05, 0.1) is 16.0 Å². The van der Waals surface area contributed by atoms with Gasteiger partial charge in [0.1, 0.15) is 0 Å². The van der Waals surface area contributed by atoms with Crippen LogP contribution in [0.3, 0.4) is 0 Å². The average molecular weight is 237 g/mol. The molecule has 0 amide bonds. The second-order valence-corrected chi connectivity index (χ2v) is 6.40. The van der Waals surface area contributed by atoms with E-state index in [1.165, 1.54) is 6.42 Å². The van der Waals surface area contributed by atoms with E-state index in [0.717, 1.165) is 17.7 Å². The summed E-state index contributed by atoms with van der Waals surface area (Å²) in [4.78, 5) is 0.914. The monoisotopic (exact) mass is 237 g/mol. The van der Waals surface area contributed by atoms with Gasteiger partial charge in [-0.1, -0.05) is 25.1 Å². The number of nitrogens with two attached hydrogens (primary N) is 1. The lowest BCUT2D eigenvalue weighted by molar-refractivity contribution is 0.353. The quantitative estimate of drug-likeness (QED) is 0.857. The number of hydrogen-bond donors (Lipinski definition) is 1. The zero-order valence-corrected chi connectivity index (χ0v) is 10.5. The highest BCUT2D eigenvalue weighted by atomic mass is 32.2. The molecule has 88 valence electrons. The highest BCUT2D eigenvalue weighted by molar-refractivity contribution is 7.85. The third kappa shape index (κ3) is 2.53. The lowest BCUT2D eigenvalue weighted by atomic mass is 9.87. The van der Waals surface area contributed by atoms with E-state index in [4.69, 9.17) is 5.73 Å². The molecule has 2 N–H and O–H groups in total. The van der Waals surface area contributed by atoms with Crippen molar-refractivity contribution >= 4 is 10.8 Å². The van der Waals surface area contributed by atoms with Gasteiger partial charge >= 0.3 is 0 Å². The van der Waals surface area contributed by atoms with E-state index >= 15 is 0 Å². The summed E-state index contributed by atoms with van der Waals surface area (Å²) in [7, 11) is -0.946. The Labute approximate surface area is 99.7 Å². The van der Waals surface area contributed by atoms with Crippen LogP contribution in [0.2, 0.25) is 0 Å². The van der Waals surface area contributed by atoms with Crippen molar-refractivity contribution < 1.29 is 4.21 Å².